The number of rotatable bonds is 7. The molecule has 0 spiro atoms. The molecule has 0 aliphatic carbocycles. The maximum atomic E-state index is 12.4. The lowest BCUT2D eigenvalue weighted by molar-refractivity contribution is 0.191. The van der Waals surface area contributed by atoms with Crippen molar-refractivity contribution in [3.8, 4) is 5.75 Å². The molecule has 3 aromatic rings. The van der Waals surface area contributed by atoms with Crippen molar-refractivity contribution in [3.63, 3.8) is 0 Å². The Balaban J connectivity index is 1.31. The fourth-order valence-electron chi connectivity index (χ4n) is 2.84. The monoisotopic (exact) mass is 396 g/mol. The van der Waals surface area contributed by atoms with Gasteiger partial charge in [-0.25, -0.2) is 13.1 Å². The zero-order chi connectivity index (χ0) is 19.4. The van der Waals surface area contributed by atoms with Crippen molar-refractivity contribution < 1.29 is 13.2 Å². The number of para-hydroxylation sites is 1. The molecule has 0 amide bonds. The number of sulfonamides is 1. The molecule has 0 bridgehead atoms. The maximum absolute atomic E-state index is 12.4. The van der Waals surface area contributed by atoms with Crippen molar-refractivity contribution in [1.82, 2.24) is 19.3 Å². The minimum Gasteiger partial charge on any atom is -0.487 e. The van der Waals surface area contributed by atoms with Crippen LogP contribution in [0.25, 0.3) is 6.08 Å². The van der Waals surface area contributed by atoms with Crippen molar-refractivity contribution in [2.75, 3.05) is 13.1 Å². The number of hydrogen-bond donors (Lipinski definition) is 0. The molecule has 144 valence electrons. The van der Waals surface area contributed by atoms with E-state index in [2.05, 4.69) is 10.3 Å². The van der Waals surface area contributed by atoms with Crippen LogP contribution in [0.3, 0.4) is 0 Å². The summed E-state index contributed by atoms with van der Waals surface area (Å²) >= 11 is 0. The van der Waals surface area contributed by atoms with Crippen LogP contribution in [-0.2, 0) is 16.6 Å². The molecule has 0 atom stereocenters. The lowest BCUT2D eigenvalue weighted by Gasteiger charge is -2.36. The number of nitrogens with zero attached hydrogens (tertiary/aromatic N) is 4. The molecule has 8 heteroatoms. The number of ether oxygens (including phenoxy) is 1. The zero-order valence-corrected chi connectivity index (χ0v) is 15.9. The molecule has 7 nitrogen and oxygen atoms in total. The Morgan fingerprint density at radius 2 is 1.71 bits per heavy atom. The molecule has 1 aliphatic heterocycles. The van der Waals surface area contributed by atoms with Gasteiger partial charge >= 0.3 is 0 Å². The normalized spacial score (nSPS) is 15.6. The Hall–Kier alpha value is -2.97. The third-order valence-electron chi connectivity index (χ3n) is 4.48. The van der Waals surface area contributed by atoms with Gasteiger partial charge in [-0.05, 0) is 23.8 Å². The molecule has 0 radical (unpaired) electrons. The van der Waals surface area contributed by atoms with E-state index in [0.717, 1.165) is 11.3 Å². The van der Waals surface area contributed by atoms with Crippen molar-refractivity contribution in [3.05, 3.63) is 83.5 Å². The summed E-state index contributed by atoms with van der Waals surface area (Å²) in [5.74, 6) is 0.767. The Morgan fingerprint density at radius 3 is 2.43 bits per heavy atom. The summed E-state index contributed by atoms with van der Waals surface area (Å²) in [6.45, 7) is 1.08. The van der Waals surface area contributed by atoms with Gasteiger partial charge in [0.1, 0.15) is 18.1 Å². The van der Waals surface area contributed by atoms with Crippen LogP contribution in [0.1, 0.15) is 17.3 Å². The summed E-state index contributed by atoms with van der Waals surface area (Å²) in [6, 6.07) is 18.8. The summed E-state index contributed by atoms with van der Waals surface area (Å²) in [4.78, 5) is 0. The first-order chi connectivity index (χ1) is 13.6. The van der Waals surface area contributed by atoms with Gasteiger partial charge in [0.05, 0.1) is 12.2 Å². The smallest absolute Gasteiger partial charge is 0.236 e. The van der Waals surface area contributed by atoms with E-state index in [-0.39, 0.29) is 6.04 Å². The molecule has 2 heterocycles. The van der Waals surface area contributed by atoms with E-state index in [0.29, 0.717) is 25.4 Å². The topological polar surface area (TPSA) is 77.3 Å². The first kappa shape index (κ1) is 18.4. The summed E-state index contributed by atoms with van der Waals surface area (Å²) in [6.07, 6.45) is 3.41. The minimum atomic E-state index is -3.44. The Labute approximate surface area is 163 Å². The van der Waals surface area contributed by atoms with E-state index in [4.69, 9.17) is 4.74 Å². The first-order valence-electron chi connectivity index (χ1n) is 8.92. The van der Waals surface area contributed by atoms with Gasteiger partial charge in [0.25, 0.3) is 0 Å². The van der Waals surface area contributed by atoms with Crippen molar-refractivity contribution in [2.24, 2.45) is 0 Å². The van der Waals surface area contributed by atoms with Gasteiger partial charge in [-0.2, -0.15) is 4.31 Å². The van der Waals surface area contributed by atoms with Gasteiger partial charge in [0, 0.05) is 18.5 Å². The number of benzene rings is 2. The van der Waals surface area contributed by atoms with Crippen LogP contribution in [0, 0.1) is 0 Å². The molecule has 0 N–H and O–H groups in total. The minimum absolute atomic E-state index is 0.0159. The Kier molecular flexibility index (Phi) is 5.23. The summed E-state index contributed by atoms with van der Waals surface area (Å²) < 4.78 is 33.6. The second-order valence-corrected chi connectivity index (χ2v) is 8.34. The average Bonchev–Trinajstić information content (AvgIpc) is 3.14. The predicted octanol–water partition coefficient (Wildman–Crippen LogP) is 2.71. The molecule has 0 unspecified atom stereocenters. The number of hydrogen-bond acceptors (Lipinski definition) is 5. The van der Waals surface area contributed by atoms with Crippen molar-refractivity contribution in [2.45, 2.75) is 12.6 Å². The Morgan fingerprint density at radius 1 is 1.04 bits per heavy atom. The van der Waals surface area contributed by atoms with Gasteiger partial charge < -0.3 is 4.74 Å². The maximum Gasteiger partial charge on any atom is 0.236 e. The van der Waals surface area contributed by atoms with Crippen LogP contribution in [0.5, 0.6) is 5.75 Å². The SMILES string of the molecule is O=S(=O)(/C=C/c1ccccc1)N1CC(n2cc(COc3ccccc3)nn2)C1. The van der Waals surface area contributed by atoms with Gasteiger partial charge in [-0.15, -0.1) is 5.10 Å². The lowest BCUT2D eigenvalue weighted by Crippen LogP contribution is -2.50. The third kappa shape index (κ3) is 4.29. The molecule has 1 aromatic heterocycles. The molecule has 1 fully saturated rings. The van der Waals surface area contributed by atoms with Crippen molar-refractivity contribution in [1.29, 1.82) is 0 Å². The van der Waals surface area contributed by atoms with Crippen LogP contribution in [0.2, 0.25) is 0 Å². The van der Waals surface area contributed by atoms with Crippen LogP contribution in [0.4, 0.5) is 0 Å². The zero-order valence-electron chi connectivity index (χ0n) is 15.1. The van der Waals surface area contributed by atoms with Gasteiger partial charge in [-0.3, -0.25) is 0 Å². The van der Waals surface area contributed by atoms with E-state index < -0.39 is 10.0 Å². The second-order valence-electron chi connectivity index (χ2n) is 6.52. The highest BCUT2D eigenvalue weighted by Crippen LogP contribution is 2.25. The molecule has 2 aromatic carbocycles. The van der Waals surface area contributed by atoms with E-state index in [9.17, 15) is 8.42 Å². The van der Waals surface area contributed by atoms with E-state index in [1.165, 1.54) is 9.71 Å². The standard InChI is InChI=1S/C20H20N4O3S/c25-28(26,12-11-17-7-3-1-4-8-17)23-14-19(15-23)24-13-18(21-22-24)16-27-20-9-5-2-6-10-20/h1-13,19H,14-16H2/b12-11+. The highest BCUT2D eigenvalue weighted by Gasteiger charge is 2.36. The Bertz CT molecular complexity index is 1040. The molecule has 28 heavy (non-hydrogen) atoms. The van der Waals surface area contributed by atoms with Gasteiger partial charge in [-0.1, -0.05) is 53.7 Å². The lowest BCUT2D eigenvalue weighted by atomic mass is 10.2. The first-order valence-corrected chi connectivity index (χ1v) is 10.4. The average molecular weight is 396 g/mol. The second kappa shape index (κ2) is 7.95. The summed E-state index contributed by atoms with van der Waals surface area (Å²) in [7, 11) is -3.44. The molecular weight excluding hydrogens is 376 g/mol. The molecule has 1 saturated heterocycles. The van der Waals surface area contributed by atoms with E-state index >= 15 is 0 Å². The predicted molar refractivity (Wildman–Crippen MR) is 106 cm³/mol. The van der Waals surface area contributed by atoms with Crippen molar-refractivity contribution >= 4 is 16.1 Å². The summed E-state index contributed by atoms with van der Waals surface area (Å²) in [5.41, 5.74) is 1.55. The quantitative estimate of drug-likeness (QED) is 0.614. The van der Waals surface area contributed by atoms with Crippen LogP contribution in [0.15, 0.2) is 72.3 Å². The largest absolute Gasteiger partial charge is 0.487 e. The fraction of sp³-hybridized carbons (Fsp3) is 0.200. The molecule has 4 rings (SSSR count). The van der Waals surface area contributed by atoms with Gasteiger partial charge in [0.15, 0.2) is 0 Å². The molecular formula is C20H20N4O3S. The number of aromatic nitrogens is 3. The highest BCUT2D eigenvalue weighted by molar-refractivity contribution is 7.92. The molecule has 1 aliphatic rings. The van der Waals surface area contributed by atoms with E-state index in [1.54, 1.807) is 17.0 Å². The summed E-state index contributed by atoms with van der Waals surface area (Å²) in [5, 5.41) is 9.46. The van der Waals surface area contributed by atoms with Crippen LogP contribution in [-0.4, -0.2) is 40.8 Å². The van der Waals surface area contributed by atoms with E-state index in [1.807, 2.05) is 60.7 Å². The van der Waals surface area contributed by atoms with Crippen LogP contribution < -0.4 is 4.74 Å². The van der Waals surface area contributed by atoms with Gasteiger partial charge in [0.2, 0.25) is 10.0 Å². The third-order valence-corrected chi connectivity index (χ3v) is 5.98. The fourth-order valence-corrected chi connectivity index (χ4v) is 4.10. The molecule has 0 saturated carbocycles. The van der Waals surface area contributed by atoms with Crippen LogP contribution >= 0.6 is 0 Å². The highest BCUT2D eigenvalue weighted by atomic mass is 32.2.